The monoisotopic (exact) mass is 416 g/mol. The number of ether oxygens (including phenoxy) is 6. The van der Waals surface area contributed by atoms with Crippen molar-refractivity contribution in [1.29, 1.82) is 0 Å². The molecule has 0 aliphatic rings. The van der Waals surface area contributed by atoms with Crippen LogP contribution < -0.4 is 23.7 Å². The molecule has 0 bridgehead atoms. The van der Waals surface area contributed by atoms with E-state index in [9.17, 15) is 4.79 Å². The molecule has 0 unspecified atom stereocenters. The molecular weight excluding hydrogens is 388 g/mol. The molecule has 0 heterocycles. The molecule has 2 rings (SSSR count). The summed E-state index contributed by atoms with van der Waals surface area (Å²) in [4.78, 5) is 13.0. The molecule has 0 spiro atoms. The van der Waals surface area contributed by atoms with E-state index >= 15 is 0 Å². The average Bonchev–Trinajstić information content (AvgIpc) is 2.78. The van der Waals surface area contributed by atoms with Crippen molar-refractivity contribution in [2.24, 2.45) is 0 Å². The van der Waals surface area contributed by atoms with Gasteiger partial charge < -0.3 is 28.4 Å². The summed E-state index contributed by atoms with van der Waals surface area (Å²) in [6.45, 7) is 2.19. The lowest BCUT2D eigenvalue weighted by molar-refractivity contribution is 0.0813. The standard InChI is InChI=1S/C23H28O7/c1-15(22(24)17-13-20(27-4)23(29-6)21(14-17)28-5)30-18-10-9-16(8-7-11-25-2)12-19(18)26-3/h7-10,12-15H,11H2,1-6H3/b8-7+/t15-/m0/s1. The minimum Gasteiger partial charge on any atom is -0.493 e. The van der Waals surface area contributed by atoms with E-state index < -0.39 is 6.10 Å². The largest absolute Gasteiger partial charge is 0.493 e. The van der Waals surface area contributed by atoms with E-state index in [1.54, 1.807) is 39.3 Å². The van der Waals surface area contributed by atoms with Crippen molar-refractivity contribution in [2.45, 2.75) is 13.0 Å². The number of hydrogen-bond acceptors (Lipinski definition) is 7. The van der Waals surface area contributed by atoms with Crippen molar-refractivity contribution in [3.63, 3.8) is 0 Å². The van der Waals surface area contributed by atoms with Crippen LogP contribution in [0.4, 0.5) is 0 Å². The zero-order valence-electron chi connectivity index (χ0n) is 18.2. The van der Waals surface area contributed by atoms with Crippen LogP contribution in [0.15, 0.2) is 36.4 Å². The molecule has 1 atom stereocenters. The number of Topliss-reactive ketones (excluding diaryl/α,β-unsaturated/α-hetero) is 1. The van der Waals surface area contributed by atoms with Crippen LogP contribution in [0.3, 0.4) is 0 Å². The average molecular weight is 416 g/mol. The van der Waals surface area contributed by atoms with Gasteiger partial charge in [-0.25, -0.2) is 0 Å². The third-order valence-corrected chi connectivity index (χ3v) is 4.38. The topological polar surface area (TPSA) is 72.5 Å². The molecule has 0 fully saturated rings. The van der Waals surface area contributed by atoms with Gasteiger partial charge in [-0.2, -0.15) is 0 Å². The highest BCUT2D eigenvalue weighted by atomic mass is 16.5. The summed E-state index contributed by atoms with van der Waals surface area (Å²) in [5.41, 5.74) is 1.31. The predicted molar refractivity (Wildman–Crippen MR) is 114 cm³/mol. The number of carbonyl (C=O) groups is 1. The molecule has 0 aliphatic heterocycles. The zero-order chi connectivity index (χ0) is 22.1. The fourth-order valence-electron chi connectivity index (χ4n) is 2.87. The molecule has 7 heteroatoms. The van der Waals surface area contributed by atoms with Crippen LogP contribution in [0, 0.1) is 0 Å². The van der Waals surface area contributed by atoms with Crippen LogP contribution in [0.1, 0.15) is 22.8 Å². The SMILES string of the molecule is COC/C=C/c1ccc(O[C@@H](C)C(=O)c2cc(OC)c(OC)c(OC)c2)c(OC)c1. The number of methoxy groups -OCH3 is 5. The fourth-order valence-corrected chi connectivity index (χ4v) is 2.87. The molecule has 0 aromatic heterocycles. The van der Waals surface area contributed by atoms with Gasteiger partial charge in [0.1, 0.15) is 0 Å². The van der Waals surface area contributed by atoms with Gasteiger partial charge >= 0.3 is 0 Å². The maximum Gasteiger partial charge on any atom is 0.203 e. The minimum atomic E-state index is -0.767. The maximum absolute atomic E-state index is 13.0. The Morgan fingerprint density at radius 2 is 1.50 bits per heavy atom. The highest BCUT2D eigenvalue weighted by Gasteiger charge is 2.23. The number of rotatable bonds is 11. The Hall–Kier alpha value is -3.19. The quantitative estimate of drug-likeness (QED) is 0.512. The second-order valence-electron chi connectivity index (χ2n) is 6.31. The van der Waals surface area contributed by atoms with E-state index in [4.69, 9.17) is 28.4 Å². The molecule has 2 aromatic rings. The summed E-state index contributed by atoms with van der Waals surface area (Å²) in [6.07, 6.45) is 3.04. The summed E-state index contributed by atoms with van der Waals surface area (Å²) in [7, 11) is 7.69. The van der Waals surface area contributed by atoms with Crippen LogP contribution in [0.5, 0.6) is 28.7 Å². The van der Waals surface area contributed by atoms with Gasteiger partial charge in [0.05, 0.1) is 35.0 Å². The molecule has 0 saturated heterocycles. The highest BCUT2D eigenvalue weighted by molar-refractivity contribution is 6.00. The van der Waals surface area contributed by atoms with Crippen LogP contribution in [-0.2, 0) is 4.74 Å². The molecule has 162 valence electrons. The van der Waals surface area contributed by atoms with E-state index in [1.807, 2.05) is 24.3 Å². The highest BCUT2D eigenvalue weighted by Crippen LogP contribution is 2.39. The number of benzene rings is 2. The Balaban J connectivity index is 2.25. The molecule has 0 N–H and O–H groups in total. The third-order valence-electron chi connectivity index (χ3n) is 4.38. The normalized spacial score (nSPS) is 11.8. The first-order chi connectivity index (χ1) is 14.5. The summed E-state index contributed by atoms with van der Waals surface area (Å²) in [5.74, 6) is 1.98. The van der Waals surface area contributed by atoms with Crippen LogP contribution >= 0.6 is 0 Å². The first-order valence-corrected chi connectivity index (χ1v) is 9.33. The van der Waals surface area contributed by atoms with Gasteiger partial charge in [0.15, 0.2) is 29.1 Å². The summed E-state index contributed by atoms with van der Waals surface area (Å²) >= 11 is 0. The van der Waals surface area contributed by atoms with Gasteiger partial charge in [-0.3, -0.25) is 4.79 Å². The van der Waals surface area contributed by atoms with E-state index in [2.05, 4.69) is 0 Å². The summed E-state index contributed by atoms with van der Waals surface area (Å²) < 4.78 is 32.3. The van der Waals surface area contributed by atoms with Crippen molar-refractivity contribution >= 4 is 11.9 Å². The first-order valence-electron chi connectivity index (χ1n) is 9.33. The lowest BCUT2D eigenvalue weighted by atomic mass is 10.1. The van der Waals surface area contributed by atoms with Gasteiger partial charge in [-0.15, -0.1) is 0 Å². The van der Waals surface area contributed by atoms with Gasteiger partial charge in [-0.05, 0) is 36.8 Å². The predicted octanol–water partition coefficient (Wildman–Crippen LogP) is 4.03. The van der Waals surface area contributed by atoms with Gasteiger partial charge in [-0.1, -0.05) is 18.2 Å². The smallest absolute Gasteiger partial charge is 0.203 e. The Kier molecular flexibility index (Phi) is 8.55. The molecule has 7 nitrogen and oxygen atoms in total. The molecule has 0 amide bonds. The van der Waals surface area contributed by atoms with Gasteiger partial charge in [0, 0.05) is 12.7 Å². The molecule has 30 heavy (non-hydrogen) atoms. The van der Waals surface area contributed by atoms with Gasteiger partial charge in [0.2, 0.25) is 11.5 Å². The van der Waals surface area contributed by atoms with E-state index in [-0.39, 0.29) is 5.78 Å². The minimum absolute atomic E-state index is 0.236. The Bertz CT molecular complexity index is 864. The van der Waals surface area contributed by atoms with Crippen LogP contribution in [0.2, 0.25) is 0 Å². The molecule has 0 aliphatic carbocycles. The second-order valence-corrected chi connectivity index (χ2v) is 6.31. The van der Waals surface area contributed by atoms with Crippen molar-refractivity contribution in [3.8, 4) is 28.7 Å². The summed E-state index contributed by atoms with van der Waals surface area (Å²) in [6, 6.07) is 8.68. The molecule has 0 radical (unpaired) electrons. The van der Waals surface area contributed by atoms with Crippen molar-refractivity contribution in [1.82, 2.24) is 0 Å². The van der Waals surface area contributed by atoms with E-state index in [0.29, 0.717) is 40.9 Å². The Labute approximate surface area is 177 Å². The zero-order valence-corrected chi connectivity index (χ0v) is 18.2. The van der Waals surface area contributed by atoms with Crippen molar-refractivity contribution < 1.29 is 33.2 Å². The van der Waals surface area contributed by atoms with E-state index in [0.717, 1.165) is 5.56 Å². The number of ketones is 1. The van der Waals surface area contributed by atoms with Crippen molar-refractivity contribution in [2.75, 3.05) is 42.2 Å². The van der Waals surface area contributed by atoms with E-state index in [1.165, 1.54) is 21.3 Å². The second kappa shape index (κ2) is 11.1. The van der Waals surface area contributed by atoms with Gasteiger partial charge in [0.25, 0.3) is 0 Å². The maximum atomic E-state index is 13.0. The molecule has 2 aromatic carbocycles. The lowest BCUT2D eigenvalue weighted by Gasteiger charge is -2.18. The lowest BCUT2D eigenvalue weighted by Crippen LogP contribution is -2.24. The molecular formula is C23H28O7. The molecule has 0 saturated carbocycles. The Morgan fingerprint density at radius 3 is 2.03 bits per heavy atom. The van der Waals surface area contributed by atoms with Crippen LogP contribution in [-0.4, -0.2) is 54.0 Å². The fraction of sp³-hybridized carbons (Fsp3) is 0.348. The third kappa shape index (κ3) is 5.45. The number of carbonyl (C=O) groups excluding carboxylic acids is 1. The summed E-state index contributed by atoms with van der Waals surface area (Å²) in [5, 5.41) is 0. The number of hydrogen-bond donors (Lipinski definition) is 0. The first kappa shape index (κ1) is 23.1. The van der Waals surface area contributed by atoms with Crippen molar-refractivity contribution in [3.05, 3.63) is 47.5 Å². The van der Waals surface area contributed by atoms with Crippen LogP contribution in [0.25, 0.3) is 6.08 Å². The Morgan fingerprint density at radius 1 is 0.867 bits per heavy atom.